The second-order valence-corrected chi connectivity index (χ2v) is 26.6. The summed E-state index contributed by atoms with van der Waals surface area (Å²) >= 11 is 0. The molecule has 10 aromatic carbocycles. The van der Waals surface area contributed by atoms with Crippen molar-refractivity contribution >= 4 is 91.3 Å². The Labute approximate surface area is 488 Å². The number of benzene rings is 10. The minimum absolute atomic E-state index is 0.0213. The first-order valence-corrected chi connectivity index (χ1v) is 29.6. The Hall–Kier alpha value is -8.54. The first-order valence-electron chi connectivity index (χ1n) is 29.6. The van der Waals surface area contributed by atoms with E-state index in [0.29, 0.717) is 0 Å². The molecule has 0 spiro atoms. The highest BCUT2D eigenvalue weighted by molar-refractivity contribution is 7.00. The predicted octanol–water partition coefficient (Wildman–Crippen LogP) is 19.6. The maximum atomic E-state index is 2.67. The van der Waals surface area contributed by atoms with E-state index in [4.69, 9.17) is 0 Å². The van der Waals surface area contributed by atoms with E-state index < -0.39 is 0 Å². The predicted molar refractivity (Wildman–Crippen MR) is 353 cm³/mol. The summed E-state index contributed by atoms with van der Waals surface area (Å²) in [6.07, 6.45) is 2.25. The molecular formula is C77H75BN4. The lowest BCUT2D eigenvalue weighted by atomic mass is 9.33. The molecule has 0 bridgehead atoms. The van der Waals surface area contributed by atoms with Gasteiger partial charge in [-0.2, -0.15) is 0 Å². The molecular weight excluding hydrogens is 992 g/mol. The van der Waals surface area contributed by atoms with Crippen LogP contribution in [-0.2, 0) is 21.7 Å². The van der Waals surface area contributed by atoms with Crippen LogP contribution in [0.25, 0.3) is 11.1 Å². The molecule has 0 radical (unpaired) electrons. The summed E-state index contributed by atoms with van der Waals surface area (Å²) in [5.41, 5.74) is 26.5. The molecule has 1 aliphatic carbocycles. The molecule has 5 heteroatoms. The maximum absolute atomic E-state index is 2.67. The quantitative estimate of drug-likeness (QED) is 0.134. The maximum Gasteiger partial charge on any atom is 0.252 e. The minimum Gasteiger partial charge on any atom is -0.311 e. The van der Waals surface area contributed by atoms with Crippen LogP contribution in [0.4, 0.5) is 68.2 Å². The monoisotopic (exact) mass is 1070 g/mol. The van der Waals surface area contributed by atoms with Gasteiger partial charge in [0.2, 0.25) is 0 Å². The van der Waals surface area contributed by atoms with Crippen LogP contribution in [0, 0.1) is 6.92 Å². The van der Waals surface area contributed by atoms with Gasteiger partial charge in [0.25, 0.3) is 6.71 Å². The largest absolute Gasteiger partial charge is 0.311 e. The molecule has 4 nitrogen and oxygen atoms in total. The second-order valence-electron chi connectivity index (χ2n) is 26.6. The van der Waals surface area contributed by atoms with E-state index >= 15 is 0 Å². The molecule has 82 heavy (non-hydrogen) atoms. The van der Waals surface area contributed by atoms with Crippen molar-refractivity contribution in [2.75, 3.05) is 19.6 Å². The molecule has 0 N–H and O–H groups in total. The number of hydrogen-bond donors (Lipinski definition) is 0. The number of rotatable bonds is 9. The molecule has 10 aromatic rings. The average Bonchev–Trinajstić information content (AvgIpc) is 2.13. The fourth-order valence-electron chi connectivity index (χ4n) is 13.4. The number of hydrogen-bond acceptors (Lipinski definition) is 4. The fraction of sp³-hybridized carbons (Fsp3) is 0.221. The van der Waals surface area contributed by atoms with E-state index in [1.54, 1.807) is 0 Å². The zero-order valence-corrected chi connectivity index (χ0v) is 49.7. The molecule has 406 valence electrons. The van der Waals surface area contributed by atoms with Crippen molar-refractivity contribution in [2.45, 2.75) is 111 Å². The lowest BCUT2D eigenvalue weighted by Gasteiger charge is -2.48. The molecule has 2 heterocycles. The summed E-state index contributed by atoms with van der Waals surface area (Å²) in [5, 5.41) is 0. The molecule has 0 fully saturated rings. The van der Waals surface area contributed by atoms with Crippen molar-refractivity contribution < 1.29 is 0 Å². The molecule has 0 saturated heterocycles. The third-order valence-corrected chi connectivity index (χ3v) is 18.1. The van der Waals surface area contributed by atoms with Gasteiger partial charge in [-0.3, -0.25) is 0 Å². The van der Waals surface area contributed by atoms with Crippen LogP contribution < -0.4 is 36.0 Å². The Kier molecular flexibility index (Phi) is 12.8. The summed E-state index contributed by atoms with van der Waals surface area (Å²) < 4.78 is 0. The lowest BCUT2D eigenvalue weighted by Crippen LogP contribution is -2.62. The second kappa shape index (κ2) is 19.9. The van der Waals surface area contributed by atoms with E-state index in [2.05, 4.69) is 326 Å². The molecule has 0 aromatic heterocycles. The molecule has 0 unspecified atom stereocenters. The molecule has 0 atom stereocenters. The van der Waals surface area contributed by atoms with Crippen molar-refractivity contribution in [1.82, 2.24) is 0 Å². The van der Waals surface area contributed by atoms with Gasteiger partial charge in [-0.05, 0) is 188 Å². The van der Waals surface area contributed by atoms with Crippen LogP contribution in [0.2, 0.25) is 0 Å². The highest BCUT2D eigenvalue weighted by Gasteiger charge is 2.48. The number of anilines is 12. The summed E-state index contributed by atoms with van der Waals surface area (Å²) in [6, 6.07) is 86.9. The molecule has 13 rings (SSSR count). The van der Waals surface area contributed by atoms with E-state index in [1.165, 1.54) is 72.4 Å². The van der Waals surface area contributed by atoms with E-state index in [1.807, 2.05) is 0 Å². The summed E-state index contributed by atoms with van der Waals surface area (Å²) in [6.45, 7) is 26.1. The summed E-state index contributed by atoms with van der Waals surface area (Å²) in [4.78, 5) is 10.2. The first kappa shape index (κ1) is 52.8. The Balaban J connectivity index is 1.21. The summed E-state index contributed by atoms with van der Waals surface area (Å²) in [5.74, 6) is 0. The number of aryl methyl sites for hydroxylation is 1. The van der Waals surface area contributed by atoms with Gasteiger partial charge in [-0.1, -0.05) is 203 Å². The Morgan fingerprint density at radius 1 is 0.366 bits per heavy atom. The number of fused-ring (bicyclic) bond motifs is 5. The van der Waals surface area contributed by atoms with Gasteiger partial charge in [-0.25, -0.2) is 0 Å². The average molecular weight is 1070 g/mol. The Bertz CT molecular complexity index is 3950. The zero-order valence-electron chi connectivity index (χ0n) is 49.7. The molecule has 0 amide bonds. The highest BCUT2D eigenvalue weighted by Crippen LogP contribution is 2.54. The van der Waals surface area contributed by atoms with Crippen LogP contribution >= 0.6 is 0 Å². The van der Waals surface area contributed by atoms with Crippen molar-refractivity contribution in [3.05, 3.63) is 258 Å². The van der Waals surface area contributed by atoms with Gasteiger partial charge < -0.3 is 19.6 Å². The van der Waals surface area contributed by atoms with Crippen molar-refractivity contribution in [3.63, 3.8) is 0 Å². The normalized spacial score (nSPS) is 14.8. The van der Waals surface area contributed by atoms with Crippen molar-refractivity contribution in [1.29, 1.82) is 0 Å². The smallest absolute Gasteiger partial charge is 0.252 e. The fourth-order valence-corrected chi connectivity index (χ4v) is 13.4. The SMILES string of the molecule is Cc1cc(C(C)(C)C)ccc1N1c2cc3c(cc2B2c4ccc(N(c5ccccc5)c5ccccc5)cc4N(c4ccc(C(C)(C)C)cc4-c4ccccc4)c4cc(N(c5ccccc5)c5ccccc5)cc1c42)C(C)(C)CCC3(C)C. The number of nitrogens with zero attached hydrogens (tertiary/aromatic N) is 4. The van der Waals surface area contributed by atoms with Gasteiger partial charge in [0, 0.05) is 62.4 Å². The minimum atomic E-state index is -0.122. The lowest BCUT2D eigenvalue weighted by molar-refractivity contribution is 0.332. The van der Waals surface area contributed by atoms with Crippen LogP contribution in [0.15, 0.2) is 231 Å². The first-order chi connectivity index (χ1) is 39.4. The topological polar surface area (TPSA) is 13.0 Å². The highest BCUT2D eigenvalue weighted by atomic mass is 15.2. The Morgan fingerprint density at radius 2 is 0.780 bits per heavy atom. The standard InChI is InChI=1S/C77H75BN4/c1-52-45-54(74(2,3)4)37-41-67(52)81-70-51-64-63(76(8,9)43-44-77(64,10)11)50-66(70)78-65-40-39-60(79(56-29-19-13-20-30-56)57-31-21-14-22-32-57)47-69(65)82(68-42-38-55(75(5,6)7)46-62(68)53-27-17-12-18-28-53)72-49-61(48-71(81)73(72)78)80(58-33-23-15-24-34-58)59-35-25-16-26-36-59/h12-42,45-51H,43-44H2,1-11H3. The van der Waals surface area contributed by atoms with Crippen molar-refractivity contribution in [3.8, 4) is 11.1 Å². The number of para-hydroxylation sites is 4. The molecule has 0 saturated carbocycles. The van der Waals surface area contributed by atoms with E-state index in [-0.39, 0.29) is 28.4 Å². The van der Waals surface area contributed by atoms with Crippen LogP contribution in [0.5, 0.6) is 0 Å². The van der Waals surface area contributed by atoms with Gasteiger partial charge in [-0.15, -0.1) is 0 Å². The van der Waals surface area contributed by atoms with Crippen LogP contribution in [0.1, 0.15) is 110 Å². The molecule has 2 aliphatic heterocycles. The van der Waals surface area contributed by atoms with Gasteiger partial charge >= 0.3 is 0 Å². The van der Waals surface area contributed by atoms with E-state index in [0.717, 1.165) is 64.0 Å². The molecule has 3 aliphatic rings. The van der Waals surface area contributed by atoms with Gasteiger partial charge in [0.15, 0.2) is 0 Å². The summed E-state index contributed by atoms with van der Waals surface area (Å²) in [7, 11) is 0. The van der Waals surface area contributed by atoms with Crippen LogP contribution in [-0.4, -0.2) is 6.71 Å². The third-order valence-electron chi connectivity index (χ3n) is 18.1. The van der Waals surface area contributed by atoms with Gasteiger partial charge in [0.05, 0.1) is 11.4 Å². The zero-order chi connectivity index (χ0) is 56.9. The van der Waals surface area contributed by atoms with Crippen LogP contribution in [0.3, 0.4) is 0 Å². The third kappa shape index (κ3) is 9.10. The van der Waals surface area contributed by atoms with Crippen molar-refractivity contribution in [2.24, 2.45) is 0 Å². The van der Waals surface area contributed by atoms with Gasteiger partial charge in [0.1, 0.15) is 0 Å². The van der Waals surface area contributed by atoms with E-state index in [9.17, 15) is 0 Å². The Morgan fingerprint density at radius 3 is 1.27 bits per heavy atom.